The molecule has 3 heterocycles. The van der Waals surface area contributed by atoms with E-state index in [2.05, 4.69) is 62.6 Å². The summed E-state index contributed by atoms with van der Waals surface area (Å²) in [6.45, 7) is 4.65. The highest BCUT2D eigenvalue weighted by Gasteiger charge is 2.20. The number of rotatable bonds is 6. The van der Waals surface area contributed by atoms with E-state index in [1.807, 2.05) is 16.9 Å². The zero-order valence-electron chi connectivity index (χ0n) is 14.6. The van der Waals surface area contributed by atoms with Crippen LogP contribution in [0.3, 0.4) is 0 Å². The molecule has 130 valence electrons. The maximum absolute atomic E-state index is 4.58. The second-order valence-corrected chi connectivity index (χ2v) is 6.63. The molecule has 1 aliphatic rings. The average Bonchev–Trinajstić information content (AvgIpc) is 3.26. The van der Waals surface area contributed by atoms with E-state index in [-0.39, 0.29) is 0 Å². The van der Waals surface area contributed by atoms with Crippen LogP contribution in [0.15, 0.2) is 42.7 Å². The standard InChI is InChI=1S/C19H24N6/c1-2-18-22-19-9-8-17(14-25(19)23-18)20-10-16-11-21-24(13-16)12-15-6-4-3-5-7-15/h3-7,11,13,17,20H,2,8-10,12,14H2,1H3/t17-/m1/s1. The van der Waals surface area contributed by atoms with Gasteiger partial charge in [-0.15, -0.1) is 0 Å². The largest absolute Gasteiger partial charge is 0.308 e. The molecule has 6 heteroatoms. The zero-order valence-corrected chi connectivity index (χ0v) is 14.6. The summed E-state index contributed by atoms with van der Waals surface area (Å²) in [4.78, 5) is 4.58. The topological polar surface area (TPSA) is 60.6 Å². The average molecular weight is 336 g/mol. The van der Waals surface area contributed by atoms with Gasteiger partial charge in [-0.3, -0.25) is 4.68 Å². The fraction of sp³-hybridized carbons (Fsp3) is 0.421. The maximum Gasteiger partial charge on any atom is 0.150 e. The molecule has 2 aromatic heterocycles. The highest BCUT2D eigenvalue weighted by molar-refractivity contribution is 5.15. The molecule has 6 nitrogen and oxygen atoms in total. The second kappa shape index (κ2) is 7.19. The van der Waals surface area contributed by atoms with E-state index in [0.717, 1.165) is 50.5 Å². The van der Waals surface area contributed by atoms with E-state index in [9.17, 15) is 0 Å². The lowest BCUT2D eigenvalue weighted by Crippen LogP contribution is -2.37. The monoisotopic (exact) mass is 336 g/mol. The molecule has 0 saturated carbocycles. The molecule has 0 saturated heterocycles. The van der Waals surface area contributed by atoms with Crippen molar-refractivity contribution >= 4 is 0 Å². The lowest BCUT2D eigenvalue weighted by molar-refractivity contribution is 0.357. The van der Waals surface area contributed by atoms with Gasteiger partial charge in [-0.25, -0.2) is 9.67 Å². The fourth-order valence-corrected chi connectivity index (χ4v) is 3.29. The first kappa shape index (κ1) is 16.0. The SMILES string of the molecule is CCc1nc2n(n1)C[C@H](NCc1cnn(Cc3ccccc3)c1)CC2. The Hall–Kier alpha value is -2.47. The highest BCUT2D eigenvalue weighted by Crippen LogP contribution is 2.14. The van der Waals surface area contributed by atoms with Crippen molar-refractivity contribution in [1.82, 2.24) is 29.9 Å². The summed E-state index contributed by atoms with van der Waals surface area (Å²) >= 11 is 0. The first-order valence-electron chi connectivity index (χ1n) is 9.01. The number of fused-ring (bicyclic) bond motifs is 1. The molecule has 0 radical (unpaired) electrons. The van der Waals surface area contributed by atoms with Crippen molar-refractivity contribution < 1.29 is 0 Å². The van der Waals surface area contributed by atoms with Crippen LogP contribution >= 0.6 is 0 Å². The van der Waals surface area contributed by atoms with E-state index in [1.165, 1.54) is 11.1 Å². The number of aryl methyl sites for hydroxylation is 2. The molecule has 0 amide bonds. The summed E-state index contributed by atoms with van der Waals surface area (Å²) < 4.78 is 4.06. The van der Waals surface area contributed by atoms with Gasteiger partial charge in [-0.05, 0) is 12.0 Å². The van der Waals surface area contributed by atoms with Gasteiger partial charge in [0.25, 0.3) is 0 Å². The summed E-state index contributed by atoms with van der Waals surface area (Å²) in [7, 11) is 0. The van der Waals surface area contributed by atoms with E-state index < -0.39 is 0 Å². The Morgan fingerprint density at radius 1 is 1.20 bits per heavy atom. The van der Waals surface area contributed by atoms with Crippen LogP contribution in [0.25, 0.3) is 0 Å². The van der Waals surface area contributed by atoms with Crippen LogP contribution in [0, 0.1) is 0 Å². The summed E-state index contributed by atoms with van der Waals surface area (Å²) in [5.41, 5.74) is 2.48. The minimum atomic E-state index is 0.441. The van der Waals surface area contributed by atoms with E-state index in [1.54, 1.807) is 0 Å². The molecule has 0 aliphatic carbocycles. The van der Waals surface area contributed by atoms with Crippen molar-refractivity contribution in [2.45, 2.75) is 51.9 Å². The predicted molar refractivity (Wildman–Crippen MR) is 96.1 cm³/mol. The third-order valence-corrected chi connectivity index (χ3v) is 4.69. The maximum atomic E-state index is 4.58. The molecule has 3 aromatic rings. The zero-order chi connectivity index (χ0) is 17.1. The van der Waals surface area contributed by atoms with Crippen molar-refractivity contribution in [3.63, 3.8) is 0 Å². The molecule has 4 rings (SSSR count). The summed E-state index contributed by atoms with van der Waals surface area (Å²) in [6, 6.07) is 10.9. The quantitative estimate of drug-likeness (QED) is 0.750. The van der Waals surface area contributed by atoms with E-state index in [4.69, 9.17) is 0 Å². The minimum Gasteiger partial charge on any atom is -0.308 e. The predicted octanol–water partition coefficient (Wildman–Crippen LogP) is 2.19. The normalized spacial score (nSPS) is 16.8. The Labute approximate surface area is 147 Å². The molecule has 0 bridgehead atoms. The number of nitrogens with one attached hydrogen (secondary N) is 1. The molecule has 0 unspecified atom stereocenters. The van der Waals surface area contributed by atoms with Crippen molar-refractivity contribution in [3.05, 3.63) is 65.5 Å². The van der Waals surface area contributed by atoms with Crippen LogP contribution < -0.4 is 5.32 Å². The summed E-state index contributed by atoms with van der Waals surface area (Å²) in [5.74, 6) is 2.09. The van der Waals surface area contributed by atoms with E-state index >= 15 is 0 Å². The Bertz CT molecular complexity index is 820. The summed E-state index contributed by atoms with van der Waals surface area (Å²) in [5, 5.41) is 12.7. The number of benzene rings is 1. The van der Waals surface area contributed by atoms with E-state index in [0.29, 0.717) is 6.04 Å². The van der Waals surface area contributed by atoms with Gasteiger partial charge < -0.3 is 5.32 Å². The van der Waals surface area contributed by atoms with Gasteiger partial charge in [0.1, 0.15) is 5.82 Å². The van der Waals surface area contributed by atoms with Gasteiger partial charge >= 0.3 is 0 Å². The summed E-state index contributed by atoms with van der Waals surface area (Å²) in [6.07, 6.45) is 7.09. The fourth-order valence-electron chi connectivity index (χ4n) is 3.29. The Morgan fingerprint density at radius 3 is 2.92 bits per heavy atom. The molecule has 1 N–H and O–H groups in total. The van der Waals surface area contributed by atoms with Crippen molar-refractivity contribution in [2.24, 2.45) is 0 Å². The third-order valence-electron chi connectivity index (χ3n) is 4.69. The van der Waals surface area contributed by atoms with Gasteiger partial charge in [0.2, 0.25) is 0 Å². The van der Waals surface area contributed by atoms with Gasteiger partial charge in [0, 0.05) is 37.2 Å². The van der Waals surface area contributed by atoms with Crippen LogP contribution in [0.5, 0.6) is 0 Å². The molecular weight excluding hydrogens is 312 g/mol. The van der Waals surface area contributed by atoms with Gasteiger partial charge in [0.05, 0.1) is 19.3 Å². The molecular formula is C19H24N6. The molecule has 0 spiro atoms. The Morgan fingerprint density at radius 2 is 2.08 bits per heavy atom. The lowest BCUT2D eigenvalue weighted by Gasteiger charge is -2.23. The lowest BCUT2D eigenvalue weighted by atomic mass is 10.1. The first-order chi connectivity index (χ1) is 12.3. The van der Waals surface area contributed by atoms with Crippen molar-refractivity contribution in [2.75, 3.05) is 0 Å². The van der Waals surface area contributed by atoms with Crippen LogP contribution in [-0.2, 0) is 32.5 Å². The highest BCUT2D eigenvalue weighted by atomic mass is 15.4. The minimum absolute atomic E-state index is 0.441. The number of hydrogen-bond donors (Lipinski definition) is 1. The molecule has 1 aliphatic heterocycles. The van der Waals surface area contributed by atoms with Gasteiger partial charge in [-0.1, -0.05) is 37.3 Å². The molecule has 1 atom stereocenters. The number of hydrogen-bond acceptors (Lipinski definition) is 4. The van der Waals surface area contributed by atoms with Crippen LogP contribution in [0.1, 0.15) is 36.1 Å². The van der Waals surface area contributed by atoms with Crippen molar-refractivity contribution in [3.8, 4) is 0 Å². The van der Waals surface area contributed by atoms with Gasteiger partial charge in [-0.2, -0.15) is 10.2 Å². The third kappa shape index (κ3) is 3.79. The number of nitrogens with zero attached hydrogens (tertiary/aromatic N) is 5. The van der Waals surface area contributed by atoms with Crippen LogP contribution in [0.2, 0.25) is 0 Å². The Balaban J connectivity index is 1.32. The molecule has 25 heavy (non-hydrogen) atoms. The van der Waals surface area contributed by atoms with Gasteiger partial charge in [0.15, 0.2) is 5.82 Å². The Kier molecular flexibility index (Phi) is 4.61. The number of aromatic nitrogens is 5. The second-order valence-electron chi connectivity index (χ2n) is 6.63. The molecule has 0 fully saturated rings. The van der Waals surface area contributed by atoms with Crippen LogP contribution in [0.4, 0.5) is 0 Å². The van der Waals surface area contributed by atoms with Crippen molar-refractivity contribution in [1.29, 1.82) is 0 Å². The first-order valence-corrected chi connectivity index (χ1v) is 9.01. The molecule has 1 aromatic carbocycles. The van der Waals surface area contributed by atoms with Crippen LogP contribution in [-0.4, -0.2) is 30.6 Å². The smallest absolute Gasteiger partial charge is 0.150 e.